The zero-order valence-corrected chi connectivity index (χ0v) is 10.6. The number of fused-ring (bicyclic) bond motifs is 1. The van der Waals surface area contributed by atoms with E-state index in [4.69, 9.17) is 0 Å². The van der Waals surface area contributed by atoms with Gasteiger partial charge in [-0.3, -0.25) is 9.59 Å². The maximum Gasteiger partial charge on any atom is 0.260 e. The number of hydrogen-bond acceptors (Lipinski definition) is 4. The minimum atomic E-state index is -1.07. The van der Waals surface area contributed by atoms with E-state index in [1.54, 1.807) is 13.1 Å². The number of anilines is 2. The number of nitrogens with one attached hydrogen (secondary N) is 1. The largest absolute Gasteiger partial charge is 0.378 e. The van der Waals surface area contributed by atoms with Crippen molar-refractivity contribution in [2.24, 2.45) is 0 Å². The van der Waals surface area contributed by atoms with Crippen LogP contribution in [0.15, 0.2) is 18.2 Å². The predicted molar refractivity (Wildman–Crippen MR) is 70.0 cm³/mol. The molecular weight excluding hydrogens is 246 g/mol. The molecule has 0 bridgehead atoms. The summed E-state index contributed by atoms with van der Waals surface area (Å²) in [5.74, 6) is -0.320. The molecule has 2 heterocycles. The summed E-state index contributed by atoms with van der Waals surface area (Å²) in [6, 6.07) is 5.44. The topological polar surface area (TPSA) is 72.9 Å². The molecule has 100 valence electrons. The van der Waals surface area contributed by atoms with E-state index in [2.05, 4.69) is 5.32 Å². The summed E-state index contributed by atoms with van der Waals surface area (Å²) in [6.07, 6.45) is -1.07. The fraction of sp³-hybridized carbons (Fsp3) is 0.385. The monoisotopic (exact) mass is 261 g/mol. The second-order valence-corrected chi connectivity index (χ2v) is 4.81. The van der Waals surface area contributed by atoms with E-state index in [9.17, 15) is 14.7 Å². The van der Waals surface area contributed by atoms with Crippen LogP contribution in [-0.2, 0) is 9.59 Å². The average Bonchev–Trinajstić information content (AvgIpc) is 2.64. The highest BCUT2D eigenvalue weighted by atomic mass is 16.3. The summed E-state index contributed by atoms with van der Waals surface area (Å²) in [6.45, 7) is 1.68. The Morgan fingerprint density at radius 2 is 2.16 bits per heavy atom. The number of aliphatic hydroxyl groups is 1. The number of amides is 2. The summed E-state index contributed by atoms with van der Waals surface area (Å²) >= 11 is 0. The normalized spacial score (nSPS) is 22.5. The number of rotatable bonds is 1. The second-order valence-electron chi connectivity index (χ2n) is 4.81. The highest BCUT2D eigenvalue weighted by Crippen LogP contribution is 2.37. The minimum absolute atomic E-state index is 0.00351. The van der Waals surface area contributed by atoms with Crippen molar-refractivity contribution >= 4 is 23.2 Å². The zero-order valence-electron chi connectivity index (χ0n) is 10.6. The molecule has 0 spiro atoms. The molecule has 2 aliphatic rings. The molecule has 0 aliphatic carbocycles. The predicted octanol–water partition coefficient (Wildman–Crippen LogP) is -0.367. The van der Waals surface area contributed by atoms with Gasteiger partial charge in [0.1, 0.15) is 0 Å². The molecule has 0 aromatic heterocycles. The van der Waals surface area contributed by atoms with Crippen LogP contribution in [0, 0.1) is 0 Å². The van der Waals surface area contributed by atoms with Gasteiger partial charge >= 0.3 is 0 Å². The van der Waals surface area contributed by atoms with Gasteiger partial charge in [0.15, 0.2) is 6.10 Å². The van der Waals surface area contributed by atoms with Crippen LogP contribution in [0.3, 0.4) is 0 Å². The second kappa shape index (κ2) is 4.24. The Morgan fingerprint density at radius 3 is 2.89 bits per heavy atom. The molecule has 2 aliphatic heterocycles. The van der Waals surface area contributed by atoms with Gasteiger partial charge < -0.3 is 20.2 Å². The van der Waals surface area contributed by atoms with Crippen molar-refractivity contribution in [2.45, 2.75) is 6.10 Å². The van der Waals surface area contributed by atoms with E-state index in [1.165, 1.54) is 4.90 Å². The number of likely N-dealkylation sites (N-methyl/N-ethyl adjacent to an activating group) is 1. The first-order valence-corrected chi connectivity index (χ1v) is 6.19. The maximum absolute atomic E-state index is 11.7. The number of nitrogens with zero attached hydrogens (tertiary/aromatic N) is 2. The third-order valence-electron chi connectivity index (χ3n) is 3.64. The van der Waals surface area contributed by atoms with Crippen LogP contribution in [-0.4, -0.2) is 43.6 Å². The summed E-state index contributed by atoms with van der Waals surface area (Å²) in [5.41, 5.74) is 2.22. The molecular formula is C13H15N3O3. The van der Waals surface area contributed by atoms with Gasteiger partial charge in [0.25, 0.3) is 5.91 Å². The number of carbonyl (C=O) groups is 2. The van der Waals surface area contributed by atoms with Gasteiger partial charge in [-0.05, 0) is 12.1 Å². The molecule has 1 unspecified atom stereocenters. The molecule has 1 aromatic carbocycles. The highest BCUT2D eigenvalue weighted by molar-refractivity contribution is 6.04. The molecule has 2 amide bonds. The van der Waals surface area contributed by atoms with Crippen LogP contribution in [0.4, 0.5) is 11.4 Å². The SMILES string of the molecule is CN1C(=O)C(O)c2ccc(N3CCNC(=O)C3)cc21. The maximum atomic E-state index is 11.7. The van der Waals surface area contributed by atoms with Crippen molar-refractivity contribution in [3.8, 4) is 0 Å². The van der Waals surface area contributed by atoms with E-state index in [0.29, 0.717) is 24.3 Å². The van der Waals surface area contributed by atoms with Gasteiger partial charge in [-0.2, -0.15) is 0 Å². The Labute approximate surface area is 110 Å². The molecule has 3 rings (SSSR count). The standard InChI is InChI=1S/C13H15N3O3/c1-15-10-6-8(16-5-4-14-11(17)7-16)2-3-9(10)12(18)13(15)19/h2-3,6,12,18H,4-5,7H2,1H3,(H,14,17). The Balaban J connectivity index is 1.94. The zero-order chi connectivity index (χ0) is 13.6. The van der Waals surface area contributed by atoms with Gasteiger partial charge in [-0.15, -0.1) is 0 Å². The summed E-state index contributed by atoms with van der Waals surface area (Å²) < 4.78 is 0. The molecule has 6 heteroatoms. The Kier molecular flexibility index (Phi) is 2.67. The van der Waals surface area contributed by atoms with Crippen LogP contribution in [0.5, 0.6) is 0 Å². The van der Waals surface area contributed by atoms with Crippen molar-refractivity contribution in [2.75, 3.05) is 36.5 Å². The van der Waals surface area contributed by atoms with Crippen molar-refractivity contribution < 1.29 is 14.7 Å². The molecule has 2 N–H and O–H groups in total. The molecule has 1 fully saturated rings. The van der Waals surface area contributed by atoms with Gasteiger partial charge in [0.05, 0.1) is 12.2 Å². The summed E-state index contributed by atoms with van der Waals surface area (Å²) in [4.78, 5) is 26.5. The van der Waals surface area contributed by atoms with Crippen LogP contribution in [0.2, 0.25) is 0 Å². The highest BCUT2D eigenvalue weighted by Gasteiger charge is 2.34. The molecule has 1 aromatic rings. The summed E-state index contributed by atoms with van der Waals surface area (Å²) in [5, 5.41) is 12.6. The minimum Gasteiger partial charge on any atom is -0.378 e. The number of carbonyl (C=O) groups excluding carboxylic acids is 2. The molecule has 0 saturated carbocycles. The van der Waals surface area contributed by atoms with Crippen molar-refractivity contribution in [3.63, 3.8) is 0 Å². The lowest BCUT2D eigenvalue weighted by atomic mass is 10.1. The van der Waals surface area contributed by atoms with E-state index in [0.717, 1.165) is 12.2 Å². The Bertz CT molecular complexity index is 558. The number of hydrogen-bond donors (Lipinski definition) is 2. The first kappa shape index (κ1) is 12.0. The third-order valence-corrected chi connectivity index (χ3v) is 3.64. The van der Waals surface area contributed by atoms with E-state index in [1.807, 2.05) is 17.0 Å². The molecule has 6 nitrogen and oxygen atoms in total. The van der Waals surface area contributed by atoms with Gasteiger partial charge in [-0.1, -0.05) is 6.07 Å². The van der Waals surface area contributed by atoms with Gasteiger partial charge in [0, 0.05) is 31.4 Å². The van der Waals surface area contributed by atoms with Crippen molar-refractivity contribution in [1.29, 1.82) is 0 Å². The van der Waals surface area contributed by atoms with Crippen molar-refractivity contribution in [3.05, 3.63) is 23.8 Å². The lowest BCUT2D eigenvalue weighted by Gasteiger charge is -2.29. The quantitative estimate of drug-likeness (QED) is 0.723. The van der Waals surface area contributed by atoms with E-state index in [-0.39, 0.29) is 11.8 Å². The van der Waals surface area contributed by atoms with E-state index < -0.39 is 6.10 Å². The number of aliphatic hydroxyl groups excluding tert-OH is 1. The Morgan fingerprint density at radius 1 is 1.37 bits per heavy atom. The van der Waals surface area contributed by atoms with Gasteiger partial charge in [-0.25, -0.2) is 0 Å². The molecule has 19 heavy (non-hydrogen) atoms. The van der Waals surface area contributed by atoms with Crippen LogP contribution in [0.1, 0.15) is 11.7 Å². The fourth-order valence-electron chi connectivity index (χ4n) is 2.54. The first-order chi connectivity index (χ1) is 9.08. The van der Waals surface area contributed by atoms with E-state index >= 15 is 0 Å². The van der Waals surface area contributed by atoms with Gasteiger partial charge in [0.2, 0.25) is 5.91 Å². The fourth-order valence-corrected chi connectivity index (χ4v) is 2.54. The third kappa shape index (κ3) is 1.84. The van der Waals surface area contributed by atoms with Crippen LogP contribution >= 0.6 is 0 Å². The first-order valence-electron chi connectivity index (χ1n) is 6.19. The molecule has 0 radical (unpaired) electrons. The smallest absolute Gasteiger partial charge is 0.260 e. The van der Waals surface area contributed by atoms with Crippen molar-refractivity contribution in [1.82, 2.24) is 5.32 Å². The molecule has 1 atom stereocenters. The molecule has 1 saturated heterocycles. The van der Waals surface area contributed by atoms with Crippen LogP contribution < -0.4 is 15.1 Å². The summed E-state index contributed by atoms with van der Waals surface area (Å²) in [7, 11) is 1.64. The lowest BCUT2D eigenvalue weighted by molar-refractivity contribution is -0.125. The number of piperazine rings is 1. The lowest BCUT2D eigenvalue weighted by Crippen LogP contribution is -2.47. The average molecular weight is 261 g/mol. The number of benzene rings is 1. The van der Waals surface area contributed by atoms with Crippen LogP contribution in [0.25, 0.3) is 0 Å². The Hall–Kier alpha value is -2.08.